The molecule has 10 heavy (non-hydrogen) atoms. The molecule has 0 saturated heterocycles. The van der Waals surface area contributed by atoms with Crippen molar-refractivity contribution in [1.82, 2.24) is 0 Å². The van der Waals surface area contributed by atoms with E-state index in [-0.39, 0.29) is 8.80 Å². The molecule has 0 aliphatic rings. The summed E-state index contributed by atoms with van der Waals surface area (Å²) in [4.78, 5) is 0. The zero-order chi connectivity index (χ0) is 8.15. The zero-order valence-corrected chi connectivity index (χ0v) is 8.49. The van der Waals surface area contributed by atoms with Crippen LogP contribution in [0, 0.1) is 0 Å². The maximum Gasteiger partial charge on any atom is 0.0456 e. The molecular weight excluding hydrogens is 136 g/mol. The molecule has 0 aliphatic carbocycles. The Kier molecular flexibility index (Phi) is 4.37. The molecular formula is C9H17Si. The largest absolute Gasteiger partial charge is 0.0961 e. The van der Waals surface area contributed by atoms with Crippen molar-refractivity contribution >= 4 is 8.80 Å². The molecule has 0 rings (SSSR count). The lowest BCUT2D eigenvalue weighted by Gasteiger charge is -2.02. The molecule has 0 fully saturated rings. The van der Waals surface area contributed by atoms with E-state index in [2.05, 4.69) is 32.7 Å². The summed E-state index contributed by atoms with van der Waals surface area (Å²) >= 11 is 0. The van der Waals surface area contributed by atoms with Gasteiger partial charge in [-0.1, -0.05) is 36.9 Å². The smallest absolute Gasteiger partial charge is 0.0456 e. The Bertz CT molecular complexity index is 143. The molecule has 0 aromatic rings. The van der Waals surface area contributed by atoms with Crippen molar-refractivity contribution in [2.24, 2.45) is 0 Å². The average molecular weight is 153 g/mol. The second kappa shape index (κ2) is 4.50. The molecule has 0 amide bonds. The fourth-order valence-electron chi connectivity index (χ4n) is 1.03. The van der Waals surface area contributed by atoms with E-state index in [1.807, 2.05) is 6.92 Å². The van der Waals surface area contributed by atoms with Gasteiger partial charge < -0.3 is 0 Å². The molecule has 0 aliphatic heterocycles. The van der Waals surface area contributed by atoms with Crippen LogP contribution in [0.15, 0.2) is 23.8 Å². The first-order valence-corrected chi connectivity index (χ1v) is 6.35. The van der Waals surface area contributed by atoms with Gasteiger partial charge in [0.1, 0.15) is 0 Å². The SMILES string of the molecule is C=C(C)C=C(C)C[Si](C)C. The van der Waals surface area contributed by atoms with Gasteiger partial charge in [-0.25, -0.2) is 0 Å². The molecule has 57 valence electrons. The van der Waals surface area contributed by atoms with E-state index >= 15 is 0 Å². The Balaban J connectivity index is 3.83. The lowest BCUT2D eigenvalue weighted by atomic mass is 10.2. The van der Waals surface area contributed by atoms with E-state index in [4.69, 9.17) is 0 Å². The lowest BCUT2D eigenvalue weighted by Crippen LogP contribution is -1.98. The number of allylic oxidation sites excluding steroid dienone is 3. The minimum atomic E-state index is -0.0883. The minimum Gasteiger partial charge on any atom is -0.0961 e. The molecule has 0 bridgehead atoms. The molecule has 0 aromatic carbocycles. The molecule has 0 spiro atoms. The van der Waals surface area contributed by atoms with E-state index in [1.165, 1.54) is 17.2 Å². The lowest BCUT2D eigenvalue weighted by molar-refractivity contribution is 1.32. The van der Waals surface area contributed by atoms with E-state index in [0.717, 1.165) is 0 Å². The Morgan fingerprint density at radius 1 is 1.40 bits per heavy atom. The monoisotopic (exact) mass is 153 g/mol. The third kappa shape index (κ3) is 5.83. The molecule has 0 atom stereocenters. The first-order valence-electron chi connectivity index (χ1n) is 3.64. The summed E-state index contributed by atoms with van der Waals surface area (Å²) in [6.07, 6.45) is 2.18. The van der Waals surface area contributed by atoms with Gasteiger partial charge in [-0.3, -0.25) is 0 Å². The summed E-state index contributed by atoms with van der Waals surface area (Å²) in [6.45, 7) is 12.7. The Labute approximate surface area is 66.3 Å². The summed E-state index contributed by atoms with van der Waals surface area (Å²) in [6, 6.07) is 1.29. The summed E-state index contributed by atoms with van der Waals surface area (Å²) in [5, 5.41) is 0. The van der Waals surface area contributed by atoms with Gasteiger partial charge in [0.05, 0.1) is 0 Å². The number of rotatable bonds is 3. The summed E-state index contributed by atoms with van der Waals surface area (Å²) in [7, 11) is -0.0883. The third-order valence-electron chi connectivity index (χ3n) is 1.13. The summed E-state index contributed by atoms with van der Waals surface area (Å²) < 4.78 is 0. The van der Waals surface area contributed by atoms with Crippen LogP contribution in [0.4, 0.5) is 0 Å². The zero-order valence-electron chi connectivity index (χ0n) is 7.49. The quantitative estimate of drug-likeness (QED) is 0.431. The van der Waals surface area contributed by atoms with E-state index < -0.39 is 0 Å². The molecule has 0 N–H and O–H groups in total. The average Bonchev–Trinajstić information content (AvgIpc) is 1.58. The van der Waals surface area contributed by atoms with Crippen LogP contribution in [0.25, 0.3) is 0 Å². The van der Waals surface area contributed by atoms with Crippen LogP contribution in [0.2, 0.25) is 19.1 Å². The standard InChI is InChI=1S/C9H17Si/c1-8(2)6-9(3)7-10(4)5/h6H,1,7H2,2-5H3. The second-order valence-corrected chi connectivity index (χ2v) is 5.99. The van der Waals surface area contributed by atoms with Gasteiger partial charge in [0, 0.05) is 8.80 Å². The minimum absolute atomic E-state index is 0.0883. The molecule has 0 aromatic heterocycles. The predicted octanol–water partition coefficient (Wildman–Crippen LogP) is 3.26. The van der Waals surface area contributed by atoms with E-state index in [9.17, 15) is 0 Å². The van der Waals surface area contributed by atoms with Gasteiger partial charge in [-0.05, 0) is 19.9 Å². The van der Waals surface area contributed by atoms with E-state index in [0.29, 0.717) is 0 Å². The fraction of sp³-hybridized carbons (Fsp3) is 0.556. The van der Waals surface area contributed by atoms with Crippen LogP contribution < -0.4 is 0 Å². The van der Waals surface area contributed by atoms with Crippen molar-refractivity contribution in [2.45, 2.75) is 33.0 Å². The molecule has 0 heterocycles. The maximum atomic E-state index is 3.84. The Morgan fingerprint density at radius 3 is 2.20 bits per heavy atom. The topological polar surface area (TPSA) is 0 Å². The van der Waals surface area contributed by atoms with Crippen LogP contribution in [-0.4, -0.2) is 8.80 Å². The Hall–Kier alpha value is -0.303. The highest BCUT2D eigenvalue weighted by Gasteiger charge is 1.96. The molecule has 1 radical (unpaired) electrons. The first kappa shape index (κ1) is 9.70. The fourth-order valence-corrected chi connectivity index (χ4v) is 2.25. The van der Waals surface area contributed by atoms with Gasteiger partial charge >= 0.3 is 0 Å². The highest BCUT2D eigenvalue weighted by Crippen LogP contribution is 2.07. The van der Waals surface area contributed by atoms with E-state index in [1.54, 1.807) is 0 Å². The van der Waals surface area contributed by atoms with Crippen molar-refractivity contribution in [3.63, 3.8) is 0 Å². The molecule has 0 saturated carbocycles. The molecule has 0 nitrogen and oxygen atoms in total. The number of hydrogen-bond donors (Lipinski definition) is 0. The van der Waals surface area contributed by atoms with Crippen LogP contribution >= 0.6 is 0 Å². The van der Waals surface area contributed by atoms with Gasteiger partial charge in [-0.15, -0.1) is 0 Å². The van der Waals surface area contributed by atoms with Gasteiger partial charge in [-0.2, -0.15) is 0 Å². The van der Waals surface area contributed by atoms with Crippen molar-refractivity contribution in [3.8, 4) is 0 Å². The number of hydrogen-bond acceptors (Lipinski definition) is 0. The highest BCUT2D eigenvalue weighted by molar-refractivity contribution is 6.56. The van der Waals surface area contributed by atoms with Crippen LogP contribution in [-0.2, 0) is 0 Å². The van der Waals surface area contributed by atoms with Crippen LogP contribution in [0.3, 0.4) is 0 Å². The first-order chi connectivity index (χ1) is 4.52. The summed E-state index contributed by atoms with van der Waals surface area (Å²) in [5.74, 6) is 0. The van der Waals surface area contributed by atoms with Crippen molar-refractivity contribution < 1.29 is 0 Å². The highest BCUT2D eigenvalue weighted by atomic mass is 28.3. The second-order valence-electron chi connectivity index (χ2n) is 3.22. The van der Waals surface area contributed by atoms with Crippen LogP contribution in [0.1, 0.15) is 13.8 Å². The van der Waals surface area contributed by atoms with Gasteiger partial charge in [0.15, 0.2) is 0 Å². The third-order valence-corrected chi connectivity index (χ3v) is 2.39. The van der Waals surface area contributed by atoms with Gasteiger partial charge in [0.2, 0.25) is 0 Å². The van der Waals surface area contributed by atoms with Crippen molar-refractivity contribution in [3.05, 3.63) is 23.8 Å². The maximum absolute atomic E-state index is 3.84. The predicted molar refractivity (Wildman–Crippen MR) is 50.9 cm³/mol. The van der Waals surface area contributed by atoms with Gasteiger partial charge in [0.25, 0.3) is 0 Å². The van der Waals surface area contributed by atoms with Crippen molar-refractivity contribution in [2.75, 3.05) is 0 Å². The van der Waals surface area contributed by atoms with Crippen LogP contribution in [0.5, 0.6) is 0 Å². The normalized spacial score (nSPS) is 12.3. The molecule has 1 heteroatoms. The summed E-state index contributed by atoms with van der Waals surface area (Å²) in [5.41, 5.74) is 2.65. The Morgan fingerprint density at radius 2 is 1.90 bits per heavy atom. The van der Waals surface area contributed by atoms with Crippen molar-refractivity contribution in [1.29, 1.82) is 0 Å². The molecule has 0 unspecified atom stereocenters.